The molecule has 1 saturated heterocycles. The molecule has 1 unspecified atom stereocenters. The van der Waals surface area contributed by atoms with Crippen LogP contribution >= 0.6 is 0 Å². The monoisotopic (exact) mass is 494 g/mol. The van der Waals surface area contributed by atoms with Crippen molar-refractivity contribution in [3.8, 4) is 34.2 Å². The summed E-state index contributed by atoms with van der Waals surface area (Å²) in [7, 11) is 3.51. The summed E-state index contributed by atoms with van der Waals surface area (Å²) in [6.45, 7) is 2.77. The zero-order chi connectivity index (χ0) is 25.4. The average Bonchev–Trinajstić information content (AvgIpc) is 3.68. The number of hydrogen-bond acceptors (Lipinski definition) is 8. The molecule has 0 radical (unpaired) electrons. The molecule has 37 heavy (non-hydrogen) atoms. The van der Waals surface area contributed by atoms with Crippen LogP contribution in [0.4, 0.5) is 0 Å². The lowest BCUT2D eigenvalue weighted by molar-refractivity contribution is 0.163. The van der Waals surface area contributed by atoms with Crippen molar-refractivity contribution in [3.63, 3.8) is 0 Å². The Bertz CT molecular complexity index is 1590. The fraction of sp³-hybridized carbons (Fsp3) is 0.308. The third-order valence-corrected chi connectivity index (χ3v) is 6.84. The predicted octanol–water partition coefficient (Wildman–Crippen LogP) is 3.11. The maximum absolute atomic E-state index is 9.66. The van der Waals surface area contributed by atoms with Gasteiger partial charge in [-0.05, 0) is 31.0 Å². The highest BCUT2D eigenvalue weighted by Crippen LogP contribution is 2.32. The summed E-state index contributed by atoms with van der Waals surface area (Å²) in [6.07, 6.45) is 13.6. The SMILES string of the molecule is COc1ccc(CN2CCCC(n3cc(-c4cc(-c5cnn(C)c5)cn5nnc(C#N)c45)cn3)C2)cn1. The second-order valence-corrected chi connectivity index (χ2v) is 9.34. The second-order valence-electron chi connectivity index (χ2n) is 9.34. The smallest absolute Gasteiger partial charge is 0.212 e. The number of likely N-dealkylation sites (tertiary alicyclic amines) is 1. The first-order valence-electron chi connectivity index (χ1n) is 12.2. The first kappa shape index (κ1) is 22.9. The zero-order valence-corrected chi connectivity index (χ0v) is 20.7. The maximum atomic E-state index is 9.66. The molecule has 1 aliphatic heterocycles. The van der Waals surface area contributed by atoms with Crippen molar-refractivity contribution >= 4 is 5.52 Å². The quantitative estimate of drug-likeness (QED) is 0.354. The Labute approximate surface area is 213 Å². The molecule has 0 saturated carbocycles. The Morgan fingerprint density at radius 2 is 1.97 bits per heavy atom. The summed E-state index contributed by atoms with van der Waals surface area (Å²) in [5.41, 5.74) is 5.81. The summed E-state index contributed by atoms with van der Waals surface area (Å²) in [4.78, 5) is 6.77. The molecule has 1 atom stereocenters. The molecule has 0 amide bonds. The van der Waals surface area contributed by atoms with Gasteiger partial charge in [0.25, 0.3) is 0 Å². The van der Waals surface area contributed by atoms with Gasteiger partial charge in [-0.15, -0.1) is 5.10 Å². The molecule has 0 bridgehead atoms. The van der Waals surface area contributed by atoms with E-state index in [0.29, 0.717) is 11.4 Å². The van der Waals surface area contributed by atoms with Crippen LogP contribution in [0.25, 0.3) is 27.8 Å². The van der Waals surface area contributed by atoms with Gasteiger partial charge in [0.05, 0.1) is 25.5 Å². The van der Waals surface area contributed by atoms with Gasteiger partial charge in [-0.3, -0.25) is 14.3 Å². The highest BCUT2D eigenvalue weighted by molar-refractivity contribution is 5.86. The van der Waals surface area contributed by atoms with Crippen molar-refractivity contribution < 1.29 is 4.74 Å². The number of hydrogen-bond donors (Lipinski definition) is 0. The topological polar surface area (TPSA) is 115 Å². The number of ether oxygens (including phenoxy) is 1. The van der Waals surface area contributed by atoms with E-state index in [1.165, 1.54) is 0 Å². The van der Waals surface area contributed by atoms with Gasteiger partial charge in [0.2, 0.25) is 5.88 Å². The fourth-order valence-corrected chi connectivity index (χ4v) is 5.00. The lowest BCUT2D eigenvalue weighted by Gasteiger charge is -2.32. The number of aromatic nitrogens is 8. The van der Waals surface area contributed by atoms with Crippen molar-refractivity contribution in [1.29, 1.82) is 5.26 Å². The minimum absolute atomic E-state index is 0.254. The highest BCUT2D eigenvalue weighted by Gasteiger charge is 2.23. The van der Waals surface area contributed by atoms with Gasteiger partial charge in [-0.1, -0.05) is 11.3 Å². The van der Waals surface area contributed by atoms with Crippen LogP contribution in [0, 0.1) is 11.3 Å². The molecule has 186 valence electrons. The van der Waals surface area contributed by atoms with Crippen LogP contribution in [0.1, 0.15) is 30.1 Å². The van der Waals surface area contributed by atoms with E-state index in [0.717, 1.165) is 60.3 Å². The van der Waals surface area contributed by atoms with Crippen molar-refractivity contribution in [3.05, 3.63) is 66.6 Å². The number of piperidine rings is 1. The number of fused-ring (bicyclic) bond motifs is 1. The molecule has 0 aromatic carbocycles. The van der Waals surface area contributed by atoms with Crippen molar-refractivity contribution in [1.82, 2.24) is 44.3 Å². The Hall–Kier alpha value is -4.56. The van der Waals surface area contributed by atoms with Gasteiger partial charge in [-0.25, -0.2) is 9.50 Å². The van der Waals surface area contributed by atoms with Crippen LogP contribution in [0.15, 0.2) is 55.4 Å². The van der Waals surface area contributed by atoms with Crippen LogP contribution < -0.4 is 4.74 Å². The second kappa shape index (κ2) is 9.48. The number of nitriles is 1. The van der Waals surface area contributed by atoms with Crippen molar-refractivity contribution in [2.45, 2.75) is 25.4 Å². The third-order valence-electron chi connectivity index (χ3n) is 6.84. The molecule has 1 aliphatic rings. The number of methoxy groups -OCH3 is 1. The molecule has 6 rings (SSSR count). The van der Waals surface area contributed by atoms with Crippen LogP contribution in [-0.4, -0.2) is 64.5 Å². The van der Waals surface area contributed by atoms with E-state index < -0.39 is 0 Å². The van der Waals surface area contributed by atoms with Gasteiger partial charge >= 0.3 is 0 Å². The van der Waals surface area contributed by atoms with Crippen LogP contribution in [0.2, 0.25) is 0 Å². The Morgan fingerprint density at radius 3 is 2.73 bits per heavy atom. The molecule has 5 aromatic rings. The summed E-state index contributed by atoms with van der Waals surface area (Å²) in [6, 6.07) is 8.45. The van der Waals surface area contributed by atoms with Crippen LogP contribution in [0.3, 0.4) is 0 Å². The van der Waals surface area contributed by atoms with Gasteiger partial charge in [-0.2, -0.15) is 15.5 Å². The summed E-state index contributed by atoms with van der Waals surface area (Å²) in [5, 5.41) is 27.0. The van der Waals surface area contributed by atoms with Crippen molar-refractivity contribution in [2.24, 2.45) is 7.05 Å². The molecule has 1 fully saturated rings. The Balaban J connectivity index is 1.29. The normalized spacial score (nSPS) is 16.2. The number of pyridine rings is 2. The lowest BCUT2D eigenvalue weighted by atomic mass is 10.0. The summed E-state index contributed by atoms with van der Waals surface area (Å²) in [5.74, 6) is 0.624. The molecule has 11 nitrogen and oxygen atoms in total. The Kier molecular flexibility index (Phi) is 5.86. The van der Waals surface area contributed by atoms with E-state index in [-0.39, 0.29) is 11.7 Å². The Morgan fingerprint density at radius 1 is 1.08 bits per heavy atom. The van der Waals surface area contributed by atoms with Gasteiger partial charge in [0.1, 0.15) is 11.6 Å². The molecule has 0 spiro atoms. The molecule has 5 aromatic heterocycles. The maximum Gasteiger partial charge on any atom is 0.212 e. The van der Waals surface area contributed by atoms with E-state index in [4.69, 9.17) is 9.84 Å². The number of nitrogens with zero attached hydrogens (tertiary/aromatic N) is 10. The number of aryl methyl sites for hydroxylation is 1. The van der Waals surface area contributed by atoms with E-state index >= 15 is 0 Å². The largest absolute Gasteiger partial charge is 0.481 e. The first-order chi connectivity index (χ1) is 18.1. The molecule has 6 heterocycles. The molecule has 11 heteroatoms. The summed E-state index contributed by atoms with van der Waals surface area (Å²) >= 11 is 0. The van der Waals surface area contributed by atoms with Crippen LogP contribution in [0.5, 0.6) is 5.88 Å². The van der Waals surface area contributed by atoms with Crippen molar-refractivity contribution in [2.75, 3.05) is 20.2 Å². The third kappa shape index (κ3) is 4.43. The number of rotatable bonds is 6. The van der Waals surface area contributed by atoms with E-state index in [9.17, 15) is 5.26 Å². The zero-order valence-electron chi connectivity index (χ0n) is 20.7. The fourth-order valence-electron chi connectivity index (χ4n) is 5.00. The minimum atomic E-state index is 0.254. The minimum Gasteiger partial charge on any atom is -0.481 e. The lowest BCUT2D eigenvalue weighted by Crippen LogP contribution is -2.36. The predicted molar refractivity (Wildman–Crippen MR) is 135 cm³/mol. The van der Waals surface area contributed by atoms with Gasteiger partial charge < -0.3 is 4.74 Å². The van der Waals surface area contributed by atoms with Gasteiger partial charge in [0, 0.05) is 73.2 Å². The first-order valence-corrected chi connectivity index (χ1v) is 12.2. The molecule has 0 aliphatic carbocycles. The standard InChI is InChI=1S/C26H26N10O/c1-33-14-20(11-29-33)19-8-23(26-24(9-27)31-32-36(26)15-19)21-12-30-35(16-21)22-4-3-7-34(17-22)13-18-5-6-25(37-2)28-10-18/h5-6,8,10-12,14-16,22H,3-4,7,13,17H2,1-2H3. The molecule has 0 N–H and O–H groups in total. The molecular weight excluding hydrogens is 468 g/mol. The van der Waals surface area contributed by atoms with E-state index in [1.807, 2.05) is 44.1 Å². The van der Waals surface area contributed by atoms with E-state index in [1.54, 1.807) is 16.3 Å². The highest BCUT2D eigenvalue weighted by atomic mass is 16.5. The van der Waals surface area contributed by atoms with Gasteiger partial charge in [0.15, 0.2) is 5.69 Å². The average molecular weight is 495 g/mol. The van der Waals surface area contributed by atoms with E-state index in [2.05, 4.69) is 54.4 Å². The van der Waals surface area contributed by atoms with Crippen LogP contribution in [-0.2, 0) is 13.6 Å². The summed E-state index contributed by atoms with van der Waals surface area (Å²) < 4.78 is 10.7. The molecular formula is C26H26N10O.